The van der Waals surface area contributed by atoms with Gasteiger partial charge >= 0.3 is 0 Å². The van der Waals surface area contributed by atoms with Crippen LogP contribution in [0.4, 0.5) is 4.39 Å². The molecule has 1 atom stereocenters. The highest BCUT2D eigenvalue weighted by atomic mass is 19.1. The van der Waals surface area contributed by atoms with Gasteiger partial charge < -0.3 is 0 Å². The summed E-state index contributed by atoms with van der Waals surface area (Å²) in [5, 5.41) is 0. The minimum Gasteiger partial charge on any atom is -0.212 e. The van der Waals surface area contributed by atoms with Crippen molar-refractivity contribution in [1.29, 1.82) is 0 Å². The second kappa shape index (κ2) is 4.53. The lowest BCUT2D eigenvalue weighted by Crippen LogP contribution is -2.00. The second-order valence-electron chi connectivity index (χ2n) is 2.86. The molecule has 0 heterocycles. The van der Waals surface area contributed by atoms with E-state index in [0.29, 0.717) is 0 Å². The van der Waals surface area contributed by atoms with Gasteiger partial charge in [-0.05, 0) is 25.2 Å². The fourth-order valence-electron chi connectivity index (χ4n) is 1.06. The highest BCUT2D eigenvalue weighted by molar-refractivity contribution is 6.36. The molecule has 0 saturated heterocycles. The van der Waals surface area contributed by atoms with Crippen LogP contribution in [-0.4, -0.2) is 7.28 Å². The summed E-state index contributed by atoms with van der Waals surface area (Å²) in [6.45, 7) is 7.70. The molecule has 0 amide bonds. The molecule has 1 unspecified atom stereocenters. The van der Waals surface area contributed by atoms with Crippen molar-refractivity contribution in [2.45, 2.75) is 39.8 Å². The molecule has 0 aromatic rings. The first-order valence-corrected chi connectivity index (χ1v) is 3.96. The molecule has 2 heteroatoms. The van der Waals surface area contributed by atoms with Crippen molar-refractivity contribution in [2.24, 2.45) is 0 Å². The Labute approximate surface area is 63.8 Å². The maximum Gasteiger partial charge on any atom is 0.129 e. The Morgan fingerprint density at radius 1 is 1.50 bits per heavy atom. The Balaban J connectivity index is 4.15. The molecule has 0 aliphatic rings. The second-order valence-corrected chi connectivity index (χ2v) is 2.86. The van der Waals surface area contributed by atoms with Gasteiger partial charge in [-0.15, -0.1) is 0 Å². The molecule has 0 saturated carbocycles. The van der Waals surface area contributed by atoms with E-state index >= 15 is 0 Å². The number of halogens is 1. The molecule has 0 aliphatic carbocycles. The molecule has 0 rings (SSSR count). The van der Waals surface area contributed by atoms with Gasteiger partial charge in [-0.3, -0.25) is 0 Å². The van der Waals surface area contributed by atoms with Gasteiger partial charge in [0.05, 0.1) is 5.83 Å². The fraction of sp³-hybridized carbons (Fsp3) is 0.750. The van der Waals surface area contributed by atoms with E-state index in [1.54, 1.807) is 0 Å². The van der Waals surface area contributed by atoms with Crippen LogP contribution < -0.4 is 0 Å². The average Bonchev–Trinajstić information content (AvgIpc) is 1.90. The maximum atomic E-state index is 13.1. The number of allylic oxidation sites excluding steroid dienone is 2. The van der Waals surface area contributed by atoms with Gasteiger partial charge in [0, 0.05) is 0 Å². The molecule has 58 valence electrons. The van der Waals surface area contributed by atoms with E-state index in [1.165, 1.54) is 0 Å². The third-order valence-corrected chi connectivity index (χ3v) is 1.82. The van der Waals surface area contributed by atoms with Crippen LogP contribution in [0.3, 0.4) is 0 Å². The van der Waals surface area contributed by atoms with Crippen LogP contribution in [0.5, 0.6) is 0 Å². The smallest absolute Gasteiger partial charge is 0.129 e. The monoisotopic (exact) mass is 142 g/mol. The Bertz CT molecular complexity index is 121. The number of hydrogen-bond acceptors (Lipinski definition) is 0. The van der Waals surface area contributed by atoms with Crippen molar-refractivity contribution in [3.63, 3.8) is 0 Å². The molecule has 0 spiro atoms. The summed E-state index contributed by atoms with van der Waals surface area (Å²) in [4.78, 5) is 0. The highest BCUT2D eigenvalue weighted by Crippen LogP contribution is 2.24. The van der Waals surface area contributed by atoms with Crippen LogP contribution in [0.25, 0.3) is 0 Å². The Morgan fingerprint density at radius 3 is 2.10 bits per heavy atom. The topological polar surface area (TPSA) is 0 Å². The van der Waals surface area contributed by atoms with Crippen molar-refractivity contribution >= 4 is 7.28 Å². The lowest BCUT2D eigenvalue weighted by molar-refractivity contribution is 0.569. The van der Waals surface area contributed by atoms with Crippen LogP contribution in [-0.2, 0) is 0 Å². The van der Waals surface area contributed by atoms with Gasteiger partial charge in [-0.1, -0.05) is 20.2 Å². The molecular formula is C8H16BF. The van der Waals surface area contributed by atoms with E-state index < -0.39 is 0 Å². The van der Waals surface area contributed by atoms with Crippen molar-refractivity contribution in [3.8, 4) is 0 Å². The SMILES string of the molecule is CBC(CC)C(F)=C(C)C. The lowest BCUT2D eigenvalue weighted by atomic mass is 9.64. The predicted molar refractivity (Wildman–Crippen MR) is 46.5 cm³/mol. The Morgan fingerprint density at radius 2 is 2.00 bits per heavy atom. The van der Waals surface area contributed by atoms with Crippen LogP contribution >= 0.6 is 0 Å². The largest absolute Gasteiger partial charge is 0.212 e. The minimum absolute atomic E-state index is 0.0880. The summed E-state index contributed by atoms with van der Waals surface area (Å²) >= 11 is 0. The first-order chi connectivity index (χ1) is 4.63. The molecule has 0 N–H and O–H groups in total. The molecule has 0 bridgehead atoms. The zero-order valence-electron chi connectivity index (χ0n) is 7.37. The predicted octanol–water partition coefficient (Wildman–Crippen LogP) is 2.93. The highest BCUT2D eigenvalue weighted by Gasteiger charge is 2.10. The summed E-state index contributed by atoms with van der Waals surface area (Å²) < 4.78 is 13.1. The van der Waals surface area contributed by atoms with Crippen LogP contribution in [0, 0.1) is 0 Å². The standard InChI is InChI=1S/C8H16BF/c1-5-7(9-4)8(10)6(2)3/h7,9H,5H2,1-4H3. The van der Waals surface area contributed by atoms with E-state index in [2.05, 4.69) is 0 Å². The van der Waals surface area contributed by atoms with Crippen LogP contribution in [0.1, 0.15) is 27.2 Å². The molecule has 0 aromatic carbocycles. The third kappa shape index (κ3) is 2.55. The summed E-state index contributed by atoms with van der Waals surface area (Å²) in [7, 11) is 0.910. The van der Waals surface area contributed by atoms with Crippen molar-refractivity contribution in [2.75, 3.05) is 0 Å². The van der Waals surface area contributed by atoms with Gasteiger partial charge in [0.25, 0.3) is 0 Å². The summed E-state index contributed by atoms with van der Waals surface area (Å²) in [5.74, 6) is 0.245. The minimum atomic E-state index is 0.0880. The Hall–Kier alpha value is -0.265. The molecule has 0 fully saturated rings. The van der Waals surface area contributed by atoms with Crippen molar-refractivity contribution in [3.05, 3.63) is 11.4 Å². The summed E-state index contributed by atoms with van der Waals surface area (Å²) in [6, 6.07) is 0. The lowest BCUT2D eigenvalue weighted by Gasteiger charge is -2.09. The zero-order chi connectivity index (χ0) is 8.15. The maximum absolute atomic E-state index is 13.1. The molecule has 0 aliphatic heterocycles. The van der Waals surface area contributed by atoms with Gasteiger partial charge in [0.2, 0.25) is 0 Å². The number of rotatable bonds is 3. The van der Waals surface area contributed by atoms with Crippen molar-refractivity contribution in [1.82, 2.24) is 0 Å². The van der Waals surface area contributed by atoms with E-state index in [9.17, 15) is 4.39 Å². The Kier molecular flexibility index (Phi) is 4.41. The molecule has 10 heavy (non-hydrogen) atoms. The molecule has 0 aromatic heterocycles. The molecule has 0 radical (unpaired) electrons. The van der Waals surface area contributed by atoms with Crippen LogP contribution in [0.2, 0.25) is 12.6 Å². The van der Waals surface area contributed by atoms with Crippen molar-refractivity contribution < 1.29 is 4.39 Å². The summed E-state index contributed by atoms with van der Waals surface area (Å²) in [5.41, 5.74) is 0.828. The number of hydrogen-bond donors (Lipinski definition) is 0. The molecular weight excluding hydrogens is 126 g/mol. The first kappa shape index (κ1) is 9.73. The van der Waals surface area contributed by atoms with Gasteiger partial charge in [-0.25, -0.2) is 4.39 Å². The van der Waals surface area contributed by atoms with Gasteiger partial charge in [0.1, 0.15) is 7.28 Å². The van der Waals surface area contributed by atoms with Crippen LogP contribution in [0.15, 0.2) is 11.4 Å². The summed E-state index contributed by atoms with van der Waals surface area (Å²) in [6.07, 6.45) is 0.910. The average molecular weight is 142 g/mol. The molecule has 0 nitrogen and oxygen atoms in total. The van der Waals surface area contributed by atoms with E-state index in [0.717, 1.165) is 19.3 Å². The van der Waals surface area contributed by atoms with Gasteiger partial charge in [0.15, 0.2) is 0 Å². The first-order valence-electron chi connectivity index (χ1n) is 3.96. The normalized spacial score (nSPS) is 12.5. The van der Waals surface area contributed by atoms with E-state index in [-0.39, 0.29) is 11.6 Å². The van der Waals surface area contributed by atoms with Gasteiger partial charge in [-0.2, -0.15) is 0 Å². The quantitative estimate of drug-likeness (QED) is 0.531. The van der Waals surface area contributed by atoms with E-state index in [4.69, 9.17) is 0 Å². The zero-order valence-corrected chi connectivity index (χ0v) is 7.37. The fourth-order valence-corrected chi connectivity index (χ4v) is 1.06. The van der Waals surface area contributed by atoms with E-state index in [1.807, 2.05) is 27.6 Å². The third-order valence-electron chi connectivity index (χ3n) is 1.82.